The Hall–Kier alpha value is -1.26. The van der Waals surface area contributed by atoms with Gasteiger partial charge in [0.05, 0.1) is 0 Å². The molecule has 21 heavy (non-hydrogen) atoms. The number of carbonyl (C=O) groups excluding carboxylic acids is 1. The highest BCUT2D eigenvalue weighted by Gasteiger charge is 2.34. The van der Waals surface area contributed by atoms with Crippen molar-refractivity contribution < 1.29 is 14.7 Å². The zero-order chi connectivity index (χ0) is 15.4. The third-order valence-corrected chi connectivity index (χ3v) is 5.12. The molecule has 0 radical (unpaired) electrons. The van der Waals surface area contributed by atoms with Gasteiger partial charge in [-0.1, -0.05) is 19.8 Å². The Morgan fingerprint density at radius 1 is 1.05 bits per heavy atom. The molecule has 1 unspecified atom stereocenters. The molecular weight excluding hydrogens is 268 g/mol. The molecule has 2 aliphatic rings. The Bertz CT molecular complexity index is 378. The van der Waals surface area contributed by atoms with Crippen molar-refractivity contribution in [1.82, 2.24) is 9.80 Å². The molecule has 1 aliphatic carbocycles. The van der Waals surface area contributed by atoms with Crippen molar-refractivity contribution in [1.29, 1.82) is 0 Å². The van der Waals surface area contributed by atoms with E-state index in [0.717, 1.165) is 50.9 Å². The lowest BCUT2D eigenvalue weighted by Gasteiger charge is -2.38. The van der Waals surface area contributed by atoms with Gasteiger partial charge in [0, 0.05) is 19.6 Å². The van der Waals surface area contributed by atoms with Crippen molar-refractivity contribution in [3.63, 3.8) is 0 Å². The monoisotopic (exact) mass is 296 g/mol. The number of urea groups is 1. The number of carbonyl (C=O) groups is 2. The normalized spacial score (nSPS) is 30.6. The number of carboxylic acid groups (broad SMARTS) is 1. The second-order valence-corrected chi connectivity index (χ2v) is 6.70. The first kappa shape index (κ1) is 16.1. The van der Waals surface area contributed by atoms with Gasteiger partial charge < -0.3 is 14.9 Å². The molecule has 0 spiro atoms. The van der Waals surface area contributed by atoms with E-state index in [2.05, 4.69) is 6.92 Å². The van der Waals surface area contributed by atoms with Crippen LogP contribution in [0.25, 0.3) is 0 Å². The van der Waals surface area contributed by atoms with Crippen LogP contribution in [0.4, 0.5) is 4.79 Å². The molecule has 0 aromatic carbocycles. The fourth-order valence-electron chi connectivity index (χ4n) is 3.58. The lowest BCUT2D eigenvalue weighted by molar-refractivity contribution is -0.142. The summed E-state index contributed by atoms with van der Waals surface area (Å²) in [5.74, 6) is -0.120. The maximum Gasteiger partial charge on any atom is 0.326 e. The smallest absolute Gasteiger partial charge is 0.326 e. The highest BCUT2D eigenvalue weighted by Crippen LogP contribution is 2.28. The number of amides is 2. The van der Waals surface area contributed by atoms with Crippen LogP contribution < -0.4 is 0 Å². The van der Waals surface area contributed by atoms with Crippen LogP contribution in [-0.4, -0.2) is 52.6 Å². The van der Waals surface area contributed by atoms with Crippen LogP contribution in [0.15, 0.2) is 0 Å². The van der Waals surface area contributed by atoms with E-state index in [1.165, 1.54) is 0 Å². The van der Waals surface area contributed by atoms with E-state index in [9.17, 15) is 14.7 Å². The molecule has 1 atom stereocenters. The van der Waals surface area contributed by atoms with E-state index in [1.54, 1.807) is 9.80 Å². The predicted octanol–water partition coefficient (Wildman–Crippen LogP) is 2.95. The van der Waals surface area contributed by atoms with Crippen LogP contribution in [0, 0.1) is 5.92 Å². The number of likely N-dealkylation sites (tertiary alicyclic amines) is 1. The summed E-state index contributed by atoms with van der Waals surface area (Å²) >= 11 is 0. The Morgan fingerprint density at radius 3 is 2.33 bits per heavy atom. The summed E-state index contributed by atoms with van der Waals surface area (Å²) in [4.78, 5) is 27.6. The Kier molecular flexibility index (Phi) is 5.48. The first-order chi connectivity index (χ1) is 10.0. The van der Waals surface area contributed by atoms with E-state index >= 15 is 0 Å². The molecule has 1 aliphatic heterocycles. The molecule has 0 bridgehead atoms. The van der Waals surface area contributed by atoms with Gasteiger partial charge >= 0.3 is 12.0 Å². The third-order valence-electron chi connectivity index (χ3n) is 5.12. The van der Waals surface area contributed by atoms with E-state index in [-0.39, 0.29) is 12.1 Å². The molecule has 2 rings (SSSR count). The number of aliphatic carboxylic acids is 1. The summed E-state index contributed by atoms with van der Waals surface area (Å²) in [5.41, 5.74) is 0. The third kappa shape index (κ3) is 3.89. The number of hydrogen-bond donors (Lipinski definition) is 1. The van der Waals surface area contributed by atoms with Gasteiger partial charge in [0.1, 0.15) is 6.04 Å². The van der Waals surface area contributed by atoms with Crippen molar-refractivity contribution in [3.05, 3.63) is 0 Å². The maximum atomic E-state index is 12.7. The molecule has 1 saturated heterocycles. The number of carboxylic acids is 1. The Morgan fingerprint density at radius 2 is 1.71 bits per heavy atom. The van der Waals surface area contributed by atoms with E-state index < -0.39 is 12.0 Å². The molecule has 120 valence electrons. The van der Waals surface area contributed by atoms with Crippen LogP contribution in [0.1, 0.15) is 58.3 Å². The maximum absolute atomic E-state index is 12.7. The first-order valence-electron chi connectivity index (χ1n) is 8.27. The largest absolute Gasteiger partial charge is 0.480 e. The van der Waals surface area contributed by atoms with Gasteiger partial charge in [-0.25, -0.2) is 9.59 Å². The summed E-state index contributed by atoms with van der Waals surface area (Å²) < 4.78 is 0. The van der Waals surface area contributed by atoms with E-state index in [1.807, 2.05) is 7.05 Å². The van der Waals surface area contributed by atoms with Crippen molar-refractivity contribution in [2.24, 2.45) is 5.92 Å². The van der Waals surface area contributed by atoms with Crippen LogP contribution in [0.5, 0.6) is 0 Å². The standard InChI is InChI=1S/C16H28N2O3/c1-12-7-9-13(10-8-12)17(2)16(21)18-11-5-3-4-6-14(18)15(19)20/h12-14H,3-11H2,1-2H3,(H,19,20). The van der Waals surface area contributed by atoms with E-state index in [0.29, 0.717) is 13.0 Å². The summed E-state index contributed by atoms with van der Waals surface area (Å²) in [6, 6.07) is -0.472. The Labute approximate surface area is 127 Å². The molecule has 0 aromatic heterocycles. The number of nitrogens with zero attached hydrogens (tertiary/aromatic N) is 2. The number of rotatable bonds is 2. The second-order valence-electron chi connectivity index (χ2n) is 6.70. The van der Waals surface area contributed by atoms with Gasteiger partial charge in [-0.15, -0.1) is 0 Å². The van der Waals surface area contributed by atoms with E-state index in [4.69, 9.17) is 0 Å². The summed E-state index contributed by atoms with van der Waals surface area (Å²) in [6.07, 6.45) is 7.78. The van der Waals surface area contributed by atoms with Gasteiger partial charge in [0.25, 0.3) is 0 Å². The molecule has 2 fully saturated rings. The second kappa shape index (κ2) is 7.14. The van der Waals surface area contributed by atoms with Gasteiger partial charge in [-0.3, -0.25) is 0 Å². The van der Waals surface area contributed by atoms with Gasteiger partial charge in [0.2, 0.25) is 0 Å². The zero-order valence-corrected chi connectivity index (χ0v) is 13.3. The molecular formula is C16H28N2O3. The SMILES string of the molecule is CC1CCC(N(C)C(=O)N2CCCCCC2C(=O)O)CC1. The molecule has 2 amide bonds. The van der Waals surface area contributed by atoms with Crippen LogP contribution in [0.2, 0.25) is 0 Å². The fraction of sp³-hybridized carbons (Fsp3) is 0.875. The topological polar surface area (TPSA) is 60.9 Å². The fourth-order valence-corrected chi connectivity index (χ4v) is 3.58. The van der Waals surface area contributed by atoms with Gasteiger partial charge in [0.15, 0.2) is 0 Å². The predicted molar refractivity (Wildman–Crippen MR) is 81.2 cm³/mol. The highest BCUT2D eigenvalue weighted by atomic mass is 16.4. The first-order valence-corrected chi connectivity index (χ1v) is 8.27. The van der Waals surface area contributed by atoms with Gasteiger partial charge in [-0.05, 0) is 44.4 Å². The zero-order valence-electron chi connectivity index (χ0n) is 13.3. The van der Waals surface area contributed by atoms with Crippen molar-refractivity contribution in [2.75, 3.05) is 13.6 Å². The summed E-state index contributed by atoms with van der Waals surface area (Å²) in [6.45, 7) is 2.83. The molecule has 0 aromatic rings. The average molecular weight is 296 g/mol. The summed E-state index contributed by atoms with van der Waals surface area (Å²) in [7, 11) is 1.84. The van der Waals surface area contributed by atoms with Crippen LogP contribution in [0.3, 0.4) is 0 Å². The minimum Gasteiger partial charge on any atom is -0.480 e. The van der Waals surface area contributed by atoms with Crippen molar-refractivity contribution in [3.8, 4) is 0 Å². The Balaban J connectivity index is 2.03. The van der Waals surface area contributed by atoms with Crippen molar-refractivity contribution >= 4 is 12.0 Å². The lowest BCUT2D eigenvalue weighted by Crippen LogP contribution is -2.52. The highest BCUT2D eigenvalue weighted by molar-refractivity contribution is 5.82. The molecule has 1 N–H and O–H groups in total. The molecule has 1 saturated carbocycles. The van der Waals surface area contributed by atoms with Crippen LogP contribution in [-0.2, 0) is 4.79 Å². The molecule has 5 heteroatoms. The average Bonchev–Trinajstić information content (AvgIpc) is 2.72. The lowest BCUT2D eigenvalue weighted by atomic mass is 9.87. The minimum absolute atomic E-state index is 0.0937. The van der Waals surface area contributed by atoms with Crippen LogP contribution >= 0.6 is 0 Å². The quantitative estimate of drug-likeness (QED) is 0.852. The van der Waals surface area contributed by atoms with Crippen molar-refractivity contribution in [2.45, 2.75) is 70.4 Å². The minimum atomic E-state index is -0.865. The summed E-state index contributed by atoms with van der Waals surface area (Å²) in [5, 5.41) is 9.40. The molecule has 1 heterocycles. The number of hydrogen-bond acceptors (Lipinski definition) is 2. The van der Waals surface area contributed by atoms with Gasteiger partial charge in [-0.2, -0.15) is 0 Å². The molecule has 5 nitrogen and oxygen atoms in total.